The summed E-state index contributed by atoms with van der Waals surface area (Å²) in [5.41, 5.74) is -0.160. The maximum absolute atomic E-state index is 12.9. The third-order valence-electron chi connectivity index (χ3n) is 6.77. The Morgan fingerprint density at radius 2 is 1.94 bits per heavy atom. The van der Waals surface area contributed by atoms with E-state index in [1.165, 1.54) is 12.1 Å². The van der Waals surface area contributed by atoms with Crippen molar-refractivity contribution in [2.75, 3.05) is 19.6 Å². The minimum atomic E-state index is -4.43. The monoisotopic (exact) mass is 474 g/mol. The number of pyridine rings is 1. The van der Waals surface area contributed by atoms with Gasteiger partial charge in [-0.15, -0.1) is 0 Å². The van der Waals surface area contributed by atoms with Crippen molar-refractivity contribution in [3.05, 3.63) is 72.1 Å². The zero-order valence-corrected chi connectivity index (χ0v) is 18.8. The van der Waals surface area contributed by atoms with Crippen molar-refractivity contribution in [3.63, 3.8) is 0 Å². The van der Waals surface area contributed by atoms with E-state index in [0.29, 0.717) is 24.4 Å². The summed E-state index contributed by atoms with van der Waals surface area (Å²) >= 11 is 0. The summed E-state index contributed by atoms with van der Waals surface area (Å²) < 4.78 is 38.6. The molecule has 2 aromatic rings. The summed E-state index contributed by atoms with van der Waals surface area (Å²) in [5, 5.41) is 16.7. The van der Waals surface area contributed by atoms with Crippen molar-refractivity contribution in [1.82, 2.24) is 20.5 Å². The maximum Gasteiger partial charge on any atom is 0.416 e. The highest BCUT2D eigenvalue weighted by atomic mass is 19.4. The second-order valence-electron chi connectivity index (χ2n) is 9.13. The Labute approximate surface area is 196 Å². The van der Waals surface area contributed by atoms with Crippen molar-refractivity contribution in [2.24, 2.45) is 0 Å². The normalized spacial score (nSPS) is 23.7. The highest BCUT2D eigenvalue weighted by Gasteiger charge is 2.40. The Morgan fingerprint density at radius 1 is 1.21 bits per heavy atom. The lowest BCUT2D eigenvalue weighted by molar-refractivity contribution is -0.137. The molecule has 0 atom stereocenters. The third-order valence-corrected chi connectivity index (χ3v) is 6.77. The smallest absolute Gasteiger partial charge is 0.385 e. The van der Waals surface area contributed by atoms with Crippen LogP contribution in [0.25, 0.3) is 5.70 Å². The molecule has 6 nitrogen and oxygen atoms in total. The van der Waals surface area contributed by atoms with Gasteiger partial charge in [-0.25, -0.2) is 0 Å². The Balaban J connectivity index is 1.17. The summed E-state index contributed by atoms with van der Waals surface area (Å²) in [6, 6.07) is 9.01. The predicted octanol–water partition coefficient (Wildman–Crippen LogP) is 3.29. The first kappa shape index (κ1) is 24.2. The summed E-state index contributed by atoms with van der Waals surface area (Å²) in [6.07, 6.45) is 2.11. The lowest BCUT2D eigenvalue weighted by Crippen LogP contribution is -2.63. The molecule has 2 aliphatic rings. The zero-order chi connectivity index (χ0) is 24.3. The van der Waals surface area contributed by atoms with Gasteiger partial charge in [-0.05, 0) is 49.4 Å². The minimum Gasteiger partial charge on any atom is -0.385 e. The van der Waals surface area contributed by atoms with Crippen molar-refractivity contribution in [1.29, 1.82) is 0 Å². The van der Waals surface area contributed by atoms with Gasteiger partial charge in [0.2, 0.25) is 5.91 Å². The van der Waals surface area contributed by atoms with E-state index in [1.54, 1.807) is 12.4 Å². The number of carbonyl (C=O) groups is 1. The average Bonchev–Trinajstić information content (AvgIpc) is 2.80. The number of halogens is 3. The number of hydrogen-bond acceptors (Lipinski definition) is 5. The van der Waals surface area contributed by atoms with Gasteiger partial charge in [-0.3, -0.25) is 14.7 Å². The molecular formula is C25H29F3N4O2. The molecule has 2 heterocycles. The van der Waals surface area contributed by atoms with Crippen LogP contribution >= 0.6 is 0 Å². The fourth-order valence-corrected chi connectivity index (χ4v) is 4.73. The molecule has 1 saturated heterocycles. The first-order chi connectivity index (χ1) is 16.1. The summed E-state index contributed by atoms with van der Waals surface area (Å²) in [4.78, 5) is 18.7. The second kappa shape index (κ2) is 9.76. The number of rotatable bonds is 7. The topological polar surface area (TPSA) is 77.5 Å². The molecule has 0 radical (unpaired) electrons. The first-order valence-corrected chi connectivity index (χ1v) is 11.4. The van der Waals surface area contributed by atoms with E-state index in [-0.39, 0.29) is 24.2 Å². The van der Waals surface area contributed by atoms with Crippen LogP contribution in [-0.2, 0) is 16.6 Å². The van der Waals surface area contributed by atoms with Gasteiger partial charge in [-0.1, -0.05) is 24.8 Å². The van der Waals surface area contributed by atoms with Gasteiger partial charge < -0.3 is 15.7 Å². The summed E-state index contributed by atoms with van der Waals surface area (Å²) in [5.74, 6) is -0.229. The molecule has 1 aromatic carbocycles. The van der Waals surface area contributed by atoms with Crippen LogP contribution in [0.1, 0.15) is 42.4 Å². The Hall–Kier alpha value is -2.91. The molecule has 1 aromatic heterocycles. The van der Waals surface area contributed by atoms with Crippen molar-refractivity contribution in [3.8, 4) is 0 Å². The minimum absolute atomic E-state index is 0.0373. The van der Waals surface area contributed by atoms with Gasteiger partial charge in [-0.2, -0.15) is 13.2 Å². The van der Waals surface area contributed by atoms with Crippen LogP contribution in [0.5, 0.6) is 0 Å². The number of hydrogen-bond donors (Lipinski definition) is 3. The Bertz CT molecular complexity index is 1010. The lowest BCUT2D eigenvalue weighted by atomic mass is 9.77. The van der Waals surface area contributed by atoms with E-state index in [0.717, 1.165) is 43.6 Å². The first-order valence-electron chi connectivity index (χ1n) is 11.4. The standard InChI is InChI=1S/C25H29F3N4O2/c1-17(18-4-2-5-19(12-18)25(26,27)28)30-14-23(33)31-21-15-32(16-21)22-7-9-24(34,10-8-22)20-6-3-11-29-13-20/h2-6,11-13,21-22,30,34H,1,7-10,14-16H2,(H,31,33)/t22-,24-. The number of alkyl halides is 3. The summed E-state index contributed by atoms with van der Waals surface area (Å²) in [6.45, 7) is 5.18. The largest absolute Gasteiger partial charge is 0.416 e. The molecule has 1 amide bonds. The molecule has 4 rings (SSSR count). The van der Waals surface area contributed by atoms with Crippen LogP contribution < -0.4 is 10.6 Å². The van der Waals surface area contributed by atoms with E-state index in [1.807, 2.05) is 12.1 Å². The number of likely N-dealkylation sites (tertiary alicyclic amines) is 1. The van der Waals surface area contributed by atoms with Gasteiger partial charge >= 0.3 is 6.18 Å². The number of amides is 1. The van der Waals surface area contributed by atoms with E-state index >= 15 is 0 Å². The highest BCUT2D eigenvalue weighted by molar-refractivity contribution is 5.80. The molecule has 2 fully saturated rings. The molecule has 1 saturated carbocycles. The molecule has 1 aliphatic heterocycles. The zero-order valence-electron chi connectivity index (χ0n) is 18.8. The van der Waals surface area contributed by atoms with Crippen molar-refractivity contribution in [2.45, 2.75) is 49.5 Å². The predicted molar refractivity (Wildman–Crippen MR) is 122 cm³/mol. The molecule has 0 unspecified atom stereocenters. The fraction of sp³-hybridized carbons (Fsp3) is 0.440. The van der Waals surface area contributed by atoms with Gasteiger partial charge in [0, 0.05) is 42.8 Å². The molecule has 3 N–H and O–H groups in total. The van der Waals surface area contributed by atoms with Gasteiger partial charge in [0.1, 0.15) is 0 Å². The van der Waals surface area contributed by atoms with Crippen LogP contribution in [0, 0.1) is 0 Å². The van der Waals surface area contributed by atoms with Gasteiger partial charge in [0.05, 0.1) is 23.8 Å². The van der Waals surface area contributed by atoms with Gasteiger partial charge in [0.15, 0.2) is 0 Å². The van der Waals surface area contributed by atoms with Crippen LogP contribution in [0.2, 0.25) is 0 Å². The molecule has 0 bridgehead atoms. The van der Waals surface area contributed by atoms with Crippen molar-refractivity contribution >= 4 is 11.6 Å². The maximum atomic E-state index is 12.9. The summed E-state index contributed by atoms with van der Waals surface area (Å²) in [7, 11) is 0. The number of nitrogens with zero attached hydrogens (tertiary/aromatic N) is 2. The lowest BCUT2D eigenvalue weighted by Gasteiger charge is -2.48. The number of aromatic nitrogens is 1. The van der Waals surface area contributed by atoms with Crippen LogP contribution in [0.15, 0.2) is 55.4 Å². The quantitative estimate of drug-likeness (QED) is 0.574. The number of aliphatic hydroxyl groups is 1. The Morgan fingerprint density at radius 3 is 2.59 bits per heavy atom. The highest BCUT2D eigenvalue weighted by Crippen LogP contribution is 2.39. The molecule has 1 aliphatic carbocycles. The van der Waals surface area contributed by atoms with Gasteiger partial charge in [0.25, 0.3) is 0 Å². The fourth-order valence-electron chi connectivity index (χ4n) is 4.73. The van der Waals surface area contributed by atoms with E-state index in [4.69, 9.17) is 0 Å². The number of benzene rings is 1. The van der Waals surface area contributed by atoms with Crippen LogP contribution in [0.4, 0.5) is 13.2 Å². The molecular weight excluding hydrogens is 445 g/mol. The van der Waals surface area contributed by atoms with Crippen LogP contribution in [0.3, 0.4) is 0 Å². The number of carbonyl (C=O) groups excluding carboxylic acids is 1. The third kappa shape index (κ3) is 5.59. The Kier molecular flexibility index (Phi) is 6.95. The van der Waals surface area contributed by atoms with E-state index in [2.05, 4.69) is 27.1 Å². The molecule has 9 heteroatoms. The average molecular weight is 475 g/mol. The van der Waals surface area contributed by atoms with E-state index < -0.39 is 17.3 Å². The van der Waals surface area contributed by atoms with E-state index in [9.17, 15) is 23.1 Å². The molecule has 182 valence electrons. The van der Waals surface area contributed by atoms with Crippen LogP contribution in [-0.4, -0.2) is 52.6 Å². The molecule has 0 spiro atoms. The number of nitrogens with one attached hydrogen (secondary N) is 2. The second-order valence-corrected chi connectivity index (χ2v) is 9.13. The molecule has 34 heavy (non-hydrogen) atoms. The van der Waals surface area contributed by atoms with Crippen molar-refractivity contribution < 1.29 is 23.1 Å². The SMILES string of the molecule is C=C(NCC(=O)NC1CN([C@H]2CC[C@@](O)(c3cccnc3)CC2)C1)c1cccc(C(F)(F)F)c1.